The largest absolute Gasteiger partial charge is 0.444 e. The predicted molar refractivity (Wildman–Crippen MR) is 176 cm³/mol. The second-order valence-electron chi connectivity index (χ2n) is 12.0. The molecule has 1 heterocycles. The number of alkyl carbamates (subject to hydrolysis) is 1. The van der Waals surface area contributed by atoms with E-state index >= 15 is 0 Å². The van der Waals surface area contributed by atoms with Gasteiger partial charge in [-0.3, -0.25) is 14.4 Å². The summed E-state index contributed by atoms with van der Waals surface area (Å²) in [6.45, 7) is 6.54. The highest BCUT2D eigenvalue weighted by Crippen LogP contribution is 2.19. The Morgan fingerprint density at radius 1 is 0.936 bits per heavy atom. The number of carbonyl (C=O) groups excluding carboxylic acids is 4. The number of nitrogens with two attached hydrogens (primary N) is 1. The molecule has 0 fully saturated rings. The van der Waals surface area contributed by atoms with Crippen molar-refractivity contribution in [3.8, 4) is 0 Å². The van der Waals surface area contributed by atoms with E-state index in [1.165, 1.54) is 6.92 Å². The molecule has 0 unspecified atom stereocenters. The summed E-state index contributed by atoms with van der Waals surface area (Å²) in [5, 5.41) is 24.2. The van der Waals surface area contributed by atoms with E-state index in [1.54, 1.807) is 51.2 Å². The number of nitro groups is 1. The number of hydrogen-bond acceptors (Lipinski definition) is 7. The lowest BCUT2D eigenvalue weighted by atomic mass is 10.0. The smallest absolute Gasteiger partial charge is 0.408 e. The van der Waals surface area contributed by atoms with E-state index in [1.807, 2.05) is 30.3 Å². The number of amides is 3. The number of aromatic amines is 1. The van der Waals surface area contributed by atoms with Crippen molar-refractivity contribution in [3.05, 3.63) is 82.0 Å². The van der Waals surface area contributed by atoms with Crippen molar-refractivity contribution in [1.29, 1.82) is 0 Å². The Morgan fingerprint density at radius 3 is 2.23 bits per heavy atom. The van der Waals surface area contributed by atoms with Crippen LogP contribution in [-0.2, 0) is 32.0 Å². The molecule has 15 heteroatoms. The Kier molecular flexibility index (Phi) is 12.8. The first-order chi connectivity index (χ1) is 22.2. The molecule has 47 heavy (non-hydrogen) atoms. The topological polar surface area (TPSA) is 223 Å². The van der Waals surface area contributed by atoms with Crippen molar-refractivity contribution in [3.63, 3.8) is 0 Å². The van der Waals surface area contributed by atoms with E-state index in [2.05, 4.69) is 31.4 Å². The van der Waals surface area contributed by atoms with E-state index in [0.29, 0.717) is 0 Å². The molecule has 0 aliphatic heterocycles. The second-order valence-corrected chi connectivity index (χ2v) is 12.0. The highest BCUT2D eigenvalue weighted by Gasteiger charge is 2.30. The quantitative estimate of drug-likeness (QED) is 0.0466. The number of rotatable bonds is 15. The van der Waals surface area contributed by atoms with Crippen LogP contribution in [0.15, 0.2) is 65.9 Å². The summed E-state index contributed by atoms with van der Waals surface area (Å²) in [5.41, 5.74) is 7.14. The number of ketones is 1. The Balaban J connectivity index is 1.81. The Labute approximate surface area is 272 Å². The molecule has 0 aliphatic rings. The Hall–Kier alpha value is -5.47. The maximum absolute atomic E-state index is 13.7. The van der Waals surface area contributed by atoms with Crippen LogP contribution in [0.1, 0.15) is 51.7 Å². The SMILES string of the molecule is CC(=O)[C@H](Cc1c[nH]c2ccccc12)NC(=O)[C@H](CCCN/C(N)=N\[N+](=O)[O-])NC(=O)[C@@H](Cc1ccccc1)NC(=O)OC(C)(C)C. The summed E-state index contributed by atoms with van der Waals surface area (Å²) in [4.78, 5) is 66.5. The average Bonchev–Trinajstić information content (AvgIpc) is 3.39. The maximum atomic E-state index is 13.7. The van der Waals surface area contributed by atoms with E-state index in [-0.39, 0.29) is 38.0 Å². The molecule has 3 rings (SSSR count). The Bertz CT molecular complexity index is 1580. The highest BCUT2D eigenvalue weighted by atomic mass is 16.7. The minimum absolute atomic E-state index is 0.0541. The third-order valence-corrected chi connectivity index (χ3v) is 6.99. The molecule has 15 nitrogen and oxygen atoms in total. The second kappa shape index (κ2) is 16.7. The van der Waals surface area contributed by atoms with E-state index in [0.717, 1.165) is 22.0 Å². The number of nitrogens with zero attached hydrogens (tertiary/aromatic N) is 2. The van der Waals surface area contributed by atoms with Gasteiger partial charge in [0.25, 0.3) is 5.96 Å². The molecule has 3 amide bonds. The number of Topliss-reactive ketones (excluding diaryl/α,β-unsaturated/α-hetero) is 1. The minimum atomic E-state index is -1.15. The average molecular weight is 651 g/mol. The number of ether oxygens (including phenoxy) is 1. The van der Waals surface area contributed by atoms with Crippen molar-refractivity contribution in [1.82, 2.24) is 26.3 Å². The lowest BCUT2D eigenvalue weighted by Gasteiger charge is -2.26. The zero-order valence-corrected chi connectivity index (χ0v) is 26.9. The van der Waals surface area contributed by atoms with Gasteiger partial charge in [0.05, 0.1) is 6.04 Å². The number of hydrazone groups is 1. The number of H-pyrrole nitrogens is 1. The summed E-state index contributed by atoms with van der Waals surface area (Å²) in [7, 11) is 0. The van der Waals surface area contributed by atoms with Gasteiger partial charge in [-0.05, 0) is 57.7 Å². The molecular weight excluding hydrogens is 608 g/mol. The lowest BCUT2D eigenvalue weighted by Crippen LogP contribution is -2.56. The van der Waals surface area contributed by atoms with Crippen LogP contribution in [-0.4, -0.2) is 69.9 Å². The van der Waals surface area contributed by atoms with Gasteiger partial charge in [0, 0.05) is 36.5 Å². The van der Waals surface area contributed by atoms with Gasteiger partial charge in [0.15, 0.2) is 10.8 Å². The van der Waals surface area contributed by atoms with Gasteiger partial charge in [-0.25, -0.2) is 14.9 Å². The summed E-state index contributed by atoms with van der Waals surface area (Å²) >= 11 is 0. The van der Waals surface area contributed by atoms with Gasteiger partial charge in [-0.15, -0.1) is 0 Å². The molecule has 0 saturated heterocycles. The summed E-state index contributed by atoms with van der Waals surface area (Å²) in [6, 6.07) is 13.4. The molecule has 0 bridgehead atoms. The number of fused-ring (bicyclic) bond motifs is 1. The van der Waals surface area contributed by atoms with Crippen LogP contribution in [0.5, 0.6) is 0 Å². The van der Waals surface area contributed by atoms with Crippen molar-refractivity contribution in [2.24, 2.45) is 10.8 Å². The first-order valence-corrected chi connectivity index (χ1v) is 15.1. The molecule has 2 aromatic carbocycles. The molecule has 0 radical (unpaired) electrons. The van der Waals surface area contributed by atoms with E-state index in [9.17, 15) is 29.3 Å². The fourth-order valence-corrected chi connectivity index (χ4v) is 4.79. The number of benzene rings is 2. The van der Waals surface area contributed by atoms with Crippen molar-refractivity contribution in [2.75, 3.05) is 6.54 Å². The van der Waals surface area contributed by atoms with Gasteiger partial charge in [-0.1, -0.05) is 48.5 Å². The molecule has 0 aliphatic carbocycles. The van der Waals surface area contributed by atoms with Gasteiger partial charge in [0.1, 0.15) is 22.8 Å². The number of nitrogens with one attached hydrogen (secondary N) is 5. The zero-order chi connectivity index (χ0) is 34.6. The molecule has 3 aromatic rings. The van der Waals surface area contributed by atoms with Gasteiger partial charge < -0.3 is 36.7 Å². The molecule has 7 N–H and O–H groups in total. The minimum Gasteiger partial charge on any atom is -0.444 e. The summed E-state index contributed by atoms with van der Waals surface area (Å²) in [5.74, 6) is -1.98. The van der Waals surface area contributed by atoms with Gasteiger partial charge in [-0.2, -0.15) is 0 Å². The number of carbonyl (C=O) groups is 4. The molecule has 1 aromatic heterocycles. The number of hydrogen-bond donors (Lipinski definition) is 6. The van der Waals surface area contributed by atoms with E-state index < -0.39 is 52.6 Å². The van der Waals surface area contributed by atoms with Crippen LogP contribution < -0.4 is 27.0 Å². The van der Waals surface area contributed by atoms with Crippen LogP contribution in [0.25, 0.3) is 10.9 Å². The third-order valence-electron chi connectivity index (χ3n) is 6.99. The monoisotopic (exact) mass is 650 g/mol. The molecule has 252 valence electrons. The summed E-state index contributed by atoms with van der Waals surface area (Å²) < 4.78 is 5.37. The third kappa shape index (κ3) is 12.1. The fraction of sp³-hybridized carbons (Fsp3) is 0.406. The predicted octanol–water partition coefficient (Wildman–Crippen LogP) is 2.28. The Morgan fingerprint density at radius 2 is 1.57 bits per heavy atom. The zero-order valence-electron chi connectivity index (χ0n) is 26.9. The lowest BCUT2D eigenvalue weighted by molar-refractivity contribution is -0.485. The van der Waals surface area contributed by atoms with Crippen LogP contribution >= 0.6 is 0 Å². The maximum Gasteiger partial charge on any atom is 0.408 e. The first kappa shape index (κ1) is 36.0. The fourth-order valence-electron chi connectivity index (χ4n) is 4.79. The van der Waals surface area contributed by atoms with Crippen LogP contribution in [0.3, 0.4) is 0 Å². The number of aromatic nitrogens is 1. The normalized spacial score (nSPS) is 13.6. The van der Waals surface area contributed by atoms with Gasteiger partial charge in [0.2, 0.25) is 11.8 Å². The van der Waals surface area contributed by atoms with Crippen molar-refractivity contribution < 1.29 is 28.9 Å². The van der Waals surface area contributed by atoms with E-state index in [4.69, 9.17) is 10.5 Å². The van der Waals surface area contributed by atoms with Crippen LogP contribution in [0, 0.1) is 10.1 Å². The molecule has 3 atom stereocenters. The van der Waals surface area contributed by atoms with Crippen molar-refractivity contribution in [2.45, 2.75) is 77.1 Å². The van der Waals surface area contributed by atoms with Crippen LogP contribution in [0.4, 0.5) is 4.79 Å². The first-order valence-electron chi connectivity index (χ1n) is 15.1. The summed E-state index contributed by atoms with van der Waals surface area (Å²) in [6.07, 6.45) is 1.56. The molecule has 0 saturated carbocycles. The molecule has 0 spiro atoms. The number of para-hydroxylation sites is 1. The number of guanidine groups is 1. The van der Waals surface area contributed by atoms with Crippen molar-refractivity contribution >= 4 is 40.6 Å². The van der Waals surface area contributed by atoms with Gasteiger partial charge >= 0.3 is 6.09 Å². The molecular formula is C32H42N8O7. The highest BCUT2D eigenvalue weighted by molar-refractivity contribution is 5.94. The van der Waals surface area contributed by atoms with Crippen LogP contribution in [0.2, 0.25) is 0 Å². The standard InChI is InChI=1S/C32H42N8O7/c1-20(41)26(18-22-19-35-24-14-9-8-13-23(22)24)37-28(42)25(15-10-16-34-30(33)39-40(45)46)36-29(43)27(17-21-11-6-5-7-12-21)38-31(44)47-32(2,3)4/h5-9,11-14,19,25-27,35H,10,15-18H2,1-4H3,(H,36,43)(H,37,42)(H,38,44)(H3,33,34,39)/t25-,26-,27+/m0/s1.